The molecule has 172 valence electrons. The van der Waals surface area contributed by atoms with E-state index in [1.54, 1.807) is 0 Å². The summed E-state index contributed by atoms with van der Waals surface area (Å²) in [7, 11) is 0. The zero-order valence-electron chi connectivity index (χ0n) is 20.1. The van der Waals surface area contributed by atoms with E-state index in [2.05, 4.69) is 133 Å². The van der Waals surface area contributed by atoms with Crippen molar-refractivity contribution in [3.63, 3.8) is 0 Å². The zero-order chi connectivity index (χ0) is 24.3. The van der Waals surface area contributed by atoms with Crippen molar-refractivity contribution in [3.8, 4) is 22.3 Å². The van der Waals surface area contributed by atoms with Crippen LogP contribution in [0.5, 0.6) is 0 Å². The molecule has 1 heterocycles. The molecule has 1 aromatic heterocycles. The fraction of sp³-hybridized carbons (Fsp3) is 0. The van der Waals surface area contributed by atoms with Crippen molar-refractivity contribution >= 4 is 63.8 Å². The third kappa shape index (κ3) is 3.02. The highest BCUT2D eigenvalue weighted by Gasteiger charge is 2.20. The number of hydrogen-bond donors (Lipinski definition) is 0. The maximum atomic E-state index is 2.42. The Bertz CT molecular complexity index is 2070. The molecule has 0 bridgehead atoms. The minimum atomic E-state index is 1.26. The van der Waals surface area contributed by atoms with Crippen LogP contribution in [-0.4, -0.2) is 0 Å². The average Bonchev–Trinajstić information content (AvgIpc) is 3.36. The average molecular weight is 487 g/mol. The van der Waals surface area contributed by atoms with E-state index >= 15 is 0 Å². The van der Waals surface area contributed by atoms with Gasteiger partial charge in [-0.25, -0.2) is 0 Å². The van der Waals surface area contributed by atoms with Gasteiger partial charge in [-0.2, -0.15) is 0 Å². The minimum absolute atomic E-state index is 1.26. The number of benzene rings is 7. The third-order valence-electron chi connectivity index (χ3n) is 7.63. The molecule has 8 aromatic rings. The van der Waals surface area contributed by atoms with Crippen molar-refractivity contribution in [3.05, 3.63) is 133 Å². The van der Waals surface area contributed by atoms with Crippen molar-refractivity contribution in [1.29, 1.82) is 0 Å². The van der Waals surface area contributed by atoms with Crippen LogP contribution in [0.1, 0.15) is 0 Å². The van der Waals surface area contributed by atoms with Gasteiger partial charge in [-0.15, -0.1) is 11.3 Å². The molecule has 0 aliphatic heterocycles. The summed E-state index contributed by atoms with van der Waals surface area (Å²) < 4.78 is 2.71. The summed E-state index contributed by atoms with van der Waals surface area (Å²) in [6, 6.07) is 48.8. The maximum absolute atomic E-state index is 2.42. The van der Waals surface area contributed by atoms with E-state index in [0.29, 0.717) is 0 Å². The first-order valence-corrected chi connectivity index (χ1v) is 13.5. The van der Waals surface area contributed by atoms with Gasteiger partial charge in [-0.05, 0) is 66.7 Å². The van der Waals surface area contributed by atoms with Gasteiger partial charge >= 0.3 is 0 Å². The fourth-order valence-electron chi connectivity index (χ4n) is 6.09. The Morgan fingerprint density at radius 3 is 1.59 bits per heavy atom. The monoisotopic (exact) mass is 486 g/mol. The van der Waals surface area contributed by atoms with Crippen LogP contribution in [-0.2, 0) is 0 Å². The lowest BCUT2D eigenvalue weighted by molar-refractivity contribution is 1.67. The molecule has 0 atom stereocenters. The molecular weight excluding hydrogens is 464 g/mol. The molecule has 0 amide bonds. The lowest BCUT2D eigenvalue weighted by Crippen LogP contribution is -1.91. The normalized spacial score (nSPS) is 11.8. The highest BCUT2D eigenvalue weighted by Crippen LogP contribution is 2.49. The first kappa shape index (κ1) is 20.7. The summed E-state index contributed by atoms with van der Waals surface area (Å²) in [5, 5.41) is 10.5. The summed E-state index contributed by atoms with van der Waals surface area (Å²) in [5.74, 6) is 0. The van der Waals surface area contributed by atoms with E-state index in [-0.39, 0.29) is 0 Å². The van der Waals surface area contributed by atoms with Crippen LogP contribution < -0.4 is 0 Å². The molecule has 0 spiro atoms. The van der Waals surface area contributed by atoms with Gasteiger partial charge in [0.1, 0.15) is 0 Å². The summed E-state index contributed by atoms with van der Waals surface area (Å²) in [5.41, 5.74) is 5.21. The van der Waals surface area contributed by atoms with Gasteiger partial charge in [0.25, 0.3) is 0 Å². The first-order valence-electron chi connectivity index (χ1n) is 12.7. The van der Waals surface area contributed by atoms with E-state index in [1.807, 2.05) is 11.3 Å². The molecule has 0 radical (unpaired) electrons. The fourth-order valence-corrected chi connectivity index (χ4v) is 7.36. The van der Waals surface area contributed by atoms with Crippen LogP contribution >= 0.6 is 11.3 Å². The quantitative estimate of drug-likeness (QED) is 0.213. The molecule has 0 saturated carbocycles. The second kappa shape index (κ2) is 8.03. The molecule has 0 N–H and O–H groups in total. The number of hydrogen-bond acceptors (Lipinski definition) is 1. The zero-order valence-corrected chi connectivity index (χ0v) is 20.9. The van der Waals surface area contributed by atoms with Gasteiger partial charge in [-0.3, -0.25) is 0 Å². The van der Waals surface area contributed by atoms with Gasteiger partial charge in [0.15, 0.2) is 0 Å². The second-order valence-electron chi connectivity index (χ2n) is 9.65. The van der Waals surface area contributed by atoms with Gasteiger partial charge in [0.05, 0.1) is 0 Å². The second-order valence-corrected chi connectivity index (χ2v) is 10.7. The van der Waals surface area contributed by atoms with Crippen LogP contribution in [0.25, 0.3) is 74.7 Å². The molecule has 0 aliphatic rings. The molecule has 37 heavy (non-hydrogen) atoms. The predicted octanol–water partition coefficient (Wildman–Crippen LogP) is 10.8. The Morgan fingerprint density at radius 1 is 0.405 bits per heavy atom. The van der Waals surface area contributed by atoms with E-state index in [1.165, 1.54) is 74.7 Å². The summed E-state index contributed by atoms with van der Waals surface area (Å²) >= 11 is 1.91. The summed E-state index contributed by atoms with van der Waals surface area (Å²) in [6.07, 6.45) is 0. The Balaban J connectivity index is 1.64. The SMILES string of the molecule is c1ccc(-c2c3ccccc3c(-c3cc4ccccc4c4sc5ccccc5c34)c3ccccc23)cc1. The molecule has 1 heteroatoms. The maximum Gasteiger partial charge on any atom is 0.0440 e. The first-order chi connectivity index (χ1) is 18.4. The van der Waals surface area contributed by atoms with E-state index in [4.69, 9.17) is 0 Å². The molecule has 8 rings (SSSR count). The highest BCUT2D eigenvalue weighted by molar-refractivity contribution is 7.26. The smallest absolute Gasteiger partial charge is 0.0440 e. The number of thiophene rings is 1. The lowest BCUT2D eigenvalue weighted by Gasteiger charge is -2.19. The number of fused-ring (bicyclic) bond motifs is 7. The molecule has 7 aromatic carbocycles. The van der Waals surface area contributed by atoms with Gasteiger partial charge in [-0.1, -0.05) is 121 Å². The van der Waals surface area contributed by atoms with E-state index in [9.17, 15) is 0 Å². The van der Waals surface area contributed by atoms with E-state index in [0.717, 1.165) is 0 Å². The van der Waals surface area contributed by atoms with Crippen LogP contribution in [0.3, 0.4) is 0 Å². The van der Waals surface area contributed by atoms with Crippen molar-refractivity contribution in [2.75, 3.05) is 0 Å². The predicted molar refractivity (Wildman–Crippen MR) is 163 cm³/mol. The van der Waals surface area contributed by atoms with Crippen molar-refractivity contribution in [2.45, 2.75) is 0 Å². The van der Waals surface area contributed by atoms with Crippen molar-refractivity contribution in [2.24, 2.45) is 0 Å². The van der Waals surface area contributed by atoms with Crippen molar-refractivity contribution < 1.29 is 0 Å². The molecule has 0 fully saturated rings. The molecule has 0 saturated heterocycles. The molecular formula is C36H22S. The molecule has 0 nitrogen and oxygen atoms in total. The topological polar surface area (TPSA) is 0 Å². The van der Waals surface area contributed by atoms with E-state index < -0.39 is 0 Å². The Kier molecular flexibility index (Phi) is 4.49. The van der Waals surface area contributed by atoms with Crippen LogP contribution in [0.4, 0.5) is 0 Å². The molecule has 0 aliphatic carbocycles. The Morgan fingerprint density at radius 2 is 0.919 bits per heavy atom. The van der Waals surface area contributed by atoms with Crippen LogP contribution in [0.15, 0.2) is 133 Å². The largest absolute Gasteiger partial charge is 0.135 e. The minimum Gasteiger partial charge on any atom is -0.135 e. The summed E-state index contributed by atoms with van der Waals surface area (Å²) in [4.78, 5) is 0. The lowest BCUT2D eigenvalue weighted by atomic mass is 9.84. The van der Waals surface area contributed by atoms with Crippen molar-refractivity contribution in [1.82, 2.24) is 0 Å². The molecule has 0 unspecified atom stereocenters. The van der Waals surface area contributed by atoms with Gasteiger partial charge < -0.3 is 0 Å². The Labute approximate surface area is 219 Å². The van der Waals surface area contributed by atoms with Gasteiger partial charge in [0.2, 0.25) is 0 Å². The van der Waals surface area contributed by atoms with Crippen LogP contribution in [0.2, 0.25) is 0 Å². The van der Waals surface area contributed by atoms with Crippen LogP contribution in [0, 0.1) is 0 Å². The summed E-state index contributed by atoms with van der Waals surface area (Å²) in [6.45, 7) is 0. The van der Waals surface area contributed by atoms with Gasteiger partial charge in [0, 0.05) is 20.2 Å². The Hall–Kier alpha value is -4.46. The highest BCUT2D eigenvalue weighted by atomic mass is 32.1. The standard InChI is InChI=1S/C36H22S/c1-2-12-23(13-3-1)33-26-16-6-8-18-28(26)34(29-19-9-7-17-27(29)33)31-22-24-14-4-5-15-25(24)36-35(31)30-20-10-11-21-32(30)37-36/h1-22H. The number of rotatable bonds is 2. The third-order valence-corrected chi connectivity index (χ3v) is 8.84.